The van der Waals surface area contributed by atoms with E-state index in [4.69, 9.17) is 22.7 Å². The topological polar surface area (TPSA) is 61.0 Å². The van der Waals surface area contributed by atoms with Gasteiger partial charge in [-0.05, 0) is 6.92 Å². The van der Waals surface area contributed by atoms with E-state index < -0.39 is 0 Å². The van der Waals surface area contributed by atoms with Gasteiger partial charge in [0.1, 0.15) is 10.7 Å². The molecule has 2 N–H and O–H groups in total. The summed E-state index contributed by atoms with van der Waals surface area (Å²) in [7, 11) is 0. The monoisotopic (exact) mass is 183 g/mol. The van der Waals surface area contributed by atoms with E-state index in [1.807, 2.05) is 6.92 Å². The highest BCUT2D eigenvalue weighted by Crippen LogP contribution is 2.04. The molecule has 0 aliphatic carbocycles. The highest BCUT2D eigenvalue weighted by Gasteiger charge is 2.00. The van der Waals surface area contributed by atoms with Crippen LogP contribution in [0, 0.1) is 0 Å². The van der Waals surface area contributed by atoms with Gasteiger partial charge in [0.2, 0.25) is 5.88 Å². The Balaban J connectivity index is 2.88. The van der Waals surface area contributed by atoms with E-state index in [0.29, 0.717) is 18.2 Å². The standard InChI is InChI=1S/C7H9N3OS/c1-2-11-6-4-9-3-5(10-6)7(8)12/h3-4H,2H2,1H3,(H2,8,12). The van der Waals surface area contributed by atoms with Crippen molar-refractivity contribution in [3.63, 3.8) is 0 Å². The zero-order chi connectivity index (χ0) is 8.97. The van der Waals surface area contributed by atoms with Crippen molar-refractivity contribution in [1.29, 1.82) is 0 Å². The van der Waals surface area contributed by atoms with Crippen LogP contribution in [0.5, 0.6) is 5.88 Å². The first-order valence-corrected chi connectivity index (χ1v) is 3.89. The second kappa shape index (κ2) is 3.96. The second-order valence-corrected chi connectivity index (χ2v) is 2.48. The molecule has 1 heterocycles. The Kier molecular flexibility index (Phi) is 2.93. The average molecular weight is 183 g/mol. The number of hydrogen-bond donors (Lipinski definition) is 1. The van der Waals surface area contributed by atoms with E-state index in [9.17, 15) is 0 Å². The van der Waals surface area contributed by atoms with E-state index in [1.54, 1.807) is 0 Å². The average Bonchev–Trinajstić information content (AvgIpc) is 2.05. The zero-order valence-corrected chi connectivity index (χ0v) is 7.47. The summed E-state index contributed by atoms with van der Waals surface area (Å²) in [6.45, 7) is 2.42. The number of nitrogens with zero attached hydrogens (tertiary/aromatic N) is 2. The van der Waals surface area contributed by atoms with Crippen molar-refractivity contribution in [1.82, 2.24) is 9.97 Å². The van der Waals surface area contributed by atoms with Crippen LogP contribution in [0.4, 0.5) is 0 Å². The van der Waals surface area contributed by atoms with E-state index in [1.165, 1.54) is 12.4 Å². The minimum absolute atomic E-state index is 0.226. The van der Waals surface area contributed by atoms with Gasteiger partial charge >= 0.3 is 0 Å². The Labute approximate surface area is 75.8 Å². The van der Waals surface area contributed by atoms with Crippen LogP contribution in [0.2, 0.25) is 0 Å². The van der Waals surface area contributed by atoms with Gasteiger partial charge in [0.15, 0.2) is 0 Å². The first-order valence-electron chi connectivity index (χ1n) is 3.48. The maximum absolute atomic E-state index is 5.35. The quantitative estimate of drug-likeness (QED) is 0.692. The third-order valence-electron chi connectivity index (χ3n) is 1.16. The molecule has 0 aliphatic rings. The first kappa shape index (κ1) is 8.86. The number of thiocarbonyl (C=S) groups is 1. The van der Waals surface area contributed by atoms with E-state index in [-0.39, 0.29) is 4.99 Å². The molecule has 1 aromatic heterocycles. The van der Waals surface area contributed by atoms with E-state index in [0.717, 1.165) is 0 Å². The molecule has 0 fully saturated rings. The molecule has 64 valence electrons. The van der Waals surface area contributed by atoms with Gasteiger partial charge in [-0.1, -0.05) is 12.2 Å². The van der Waals surface area contributed by atoms with E-state index in [2.05, 4.69) is 9.97 Å². The van der Waals surface area contributed by atoms with Crippen LogP contribution in [0.25, 0.3) is 0 Å². The molecular weight excluding hydrogens is 174 g/mol. The van der Waals surface area contributed by atoms with Crippen LogP contribution in [0.15, 0.2) is 12.4 Å². The number of ether oxygens (including phenoxy) is 1. The SMILES string of the molecule is CCOc1cncc(C(N)=S)n1. The van der Waals surface area contributed by atoms with Crippen molar-refractivity contribution in [2.75, 3.05) is 6.61 Å². The fourth-order valence-electron chi connectivity index (χ4n) is 0.684. The number of hydrogen-bond acceptors (Lipinski definition) is 4. The summed E-state index contributed by atoms with van der Waals surface area (Å²) in [6.07, 6.45) is 3.02. The highest BCUT2D eigenvalue weighted by atomic mass is 32.1. The lowest BCUT2D eigenvalue weighted by atomic mass is 10.4. The predicted octanol–water partition coefficient (Wildman–Crippen LogP) is 0.509. The lowest BCUT2D eigenvalue weighted by Gasteiger charge is -2.01. The molecule has 12 heavy (non-hydrogen) atoms. The molecule has 1 rings (SSSR count). The molecule has 0 atom stereocenters. The minimum atomic E-state index is 0.226. The summed E-state index contributed by atoms with van der Waals surface area (Å²) in [5, 5.41) is 0. The van der Waals surface area contributed by atoms with Gasteiger partial charge in [0.25, 0.3) is 0 Å². The molecule has 0 radical (unpaired) electrons. The minimum Gasteiger partial charge on any atom is -0.477 e. The van der Waals surface area contributed by atoms with Crippen molar-refractivity contribution in [3.8, 4) is 5.88 Å². The molecule has 0 amide bonds. The molecule has 0 spiro atoms. The van der Waals surface area contributed by atoms with Crippen LogP contribution >= 0.6 is 12.2 Å². The van der Waals surface area contributed by atoms with Crippen LogP contribution in [-0.2, 0) is 0 Å². The van der Waals surface area contributed by atoms with Crippen molar-refractivity contribution >= 4 is 17.2 Å². The van der Waals surface area contributed by atoms with Gasteiger partial charge in [-0.2, -0.15) is 0 Å². The molecule has 1 aromatic rings. The molecule has 0 saturated heterocycles. The Morgan fingerprint density at radius 2 is 2.42 bits per heavy atom. The zero-order valence-electron chi connectivity index (χ0n) is 6.65. The van der Waals surface area contributed by atoms with E-state index >= 15 is 0 Å². The highest BCUT2D eigenvalue weighted by molar-refractivity contribution is 7.80. The molecule has 0 aliphatic heterocycles. The third kappa shape index (κ3) is 2.13. The van der Waals surface area contributed by atoms with Gasteiger partial charge in [0, 0.05) is 0 Å². The molecular formula is C7H9N3OS. The summed E-state index contributed by atoms with van der Waals surface area (Å²) in [5.41, 5.74) is 5.83. The van der Waals surface area contributed by atoms with Crippen molar-refractivity contribution < 1.29 is 4.74 Å². The normalized spacial score (nSPS) is 9.42. The fraction of sp³-hybridized carbons (Fsp3) is 0.286. The molecule has 0 unspecified atom stereocenters. The van der Waals surface area contributed by atoms with Gasteiger partial charge in [-0.3, -0.25) is 4.98 Å². The molecule has 5 heteroatoms. The summed E-state index contributed by atoms with van der Waals surface area (Å²) >= 11 is 4.73. The predicted molar refractivity (Wildman–Crippen MR) is 49.1 cm³/mol. The van der Waals surface area contributed by atoms with Gasteiger partial charge in [-0.25, -0.2) is 4.98 Å². The van der Waals surface area contributed by atoms with Gasteiger partial charge < -0.3 is 10.5 Å². The summed E-state index contributed by atoms with van der Waals surface area (Å²) in [4.78, 5) is 8.11. The lowest BCUT2D eigenvalue weighted by molar-refractivity contribution is 0.325. The largest absolute Gasteiger partial charge is 0.477 e. The molecule has 0 aromatic carbocycles. The second-order valence-electron chi connectivity index (χ2n) is 2.04. The first-order chi connectivity index (χ1) is 5.74. The van der Waals surface area contributed by atoms with Crippen LogP contribution in [-0.4, -0.2) is 21.6 Å². The smallest absolute Gasteiger partial charge is 0.232 e. The summed E-state index contributed by atoms with van der Waals surface area (Å²) in [6, 6.07) is 0. The maximum atomic E-state index is 5.35. The molecule has 4 nitrogen and oxygen atoms in total. The fourth-order valence-corrected chi connectivity index (χ4v) is 0.783. The van der Waals surface area contributed by atoms with Crippen molar-refractivity contribution in [3.05, 3.63) is 18.1 Å². The van der Waals surface area contributed by atoms with Gasteiger partial charge in [-0.15, -0.1) is 0 Å². The maximum Gasteiger partial charge on any atom is 0.232 e. The van der Waals surface area contributed by atoms with Crippen LogP contribution < -0.4 is 10.5 Å². The van der Waals surface area contributed by atoms with Crippen molar-refractivity contribution in [2.45, 2.75) is 6.92 Å². The number of aromatic nitrogens is 2. The number of rotatable bonds is 3. The van der Waals surface area contributed by atoms with Gasteiger partial charge in [0.05, 0.1) is 19.0 Å². The lowest BCUT2D eigenvalue weighted by Crippen LogP contribution is -2.12. The Hall–Kier alpha value is -1.23. The van der Waals surface area contributed by atoms with Crippen LogP contribution in [0.3, 0.4) is 0 Å². The number of nitrogens with two attached hydrogens (primary N) is 1. The molecule has 0 bridgehead atoms. The third-order valence-corrected chi connectivity index (χ3v) is 1.37. The Morgan fingerprint density at radius 1 is 1.67 bits per heavy atom. The Morgan fingerprint density at radius 3 is 3.00 bits per heavy atom. The Bertz CT molecular complexity index is 290. The summed E-state index contributed by atoms with van der Waals surface area (Å²) in [5.74, 6) is 0.447. The van der Waals surface area contributed by atoms with Crippen LogP contribution in [0.1, 0.15) is 12.6 Å². The summed E-state index contributed by atoms with van der Waals surface area (Å²) < 4.78 is 5.11. The van der Waals surface area contributed by atoms with Crippen molar-refractivity contribution in [2.24, 2.45) is 5.73 Å². The molecule has 0 saturated carbocycles.